The van der Waals surface area contributed by atoms with Crippen LogP contribution in [0.4, 0.5) is 4.79 Å². The molecule has 8 heteroatoms. The number of amides is 1. The van der Waals surface area contributed by atoms with E-state index in [1.54, 1.807) is 6.20 Å². The zero-order chi connectivity index (χ0) is 21.2. The smallest absolute Gasteiger partial charge is 0.422 e. The van der Waals surface area contributed by atoms with Crippen LogP contribution in [0.3, 0.4) is 0 Å². The number of rotatable bonds is 12. The number of hydrazine groups is 1. The van der Waals surface area contributed by atoms with Gasteiger partial charge in [0, 0.05) is 37.3 Å². The second-order valence-corrected chi connectivity index (χ2v) is 6.68. The fourth-order valence-electron chi connectivity index (χ4n) is 3.23. The summed E-state index contributed by atoms with van der Waals surface area (Å²) < 4.78 is 11.1. The van der Waals surface area contributed by atoms with E-state index in [0.717, 1.165) is 21.5 Å². The average molecular weight is 403 g/mol. The average Bonchev–Trinajstić information content (AvgIpc) is 2.72. The number of fused-ring (bicyclic) bond motifs is 1. The highest BCUT2D eigenvalue weighted by Crippen LogP contribution is 2.19. The Morgan fingerprint density at radius 1 is 1.24 bits per heavy atom. The molecule has 0 saturated carbocycles. The summed E-state index contributed by atoms with van der Waals surface area (Å²) in [4.78, 5) is 27.9. The number of benzene rings is 1. The number of hydrogen-bond donors (Lipinski definition) is 2. The third kappa shape index (κ3) is 6.22. The fraction of sp³-hybridized carbons (Fsp3) is 0.476. The van der Waals surface area contributed by atoms with Crippen LogP contribution in [0, 0.1) is 5.92 Å². The Labute approximate surface area is 170 Å². The number of carboxylic acid groups (broad SMARTS) is 1. The molecule has 2 unspecified atom stereocenters. The van der Waals surface area contributed by atoms with E-state index in [0.29, 0.717) is 19.5 Å². The molecule has 8 nitrogen and oxygen atoms in total. The van der Waals surface area contributed by atoms with Gasteiger partial charge in [-0.3, -0.25) is 4.98 Å². The minimum absolute atomic E-state index is 0.173. The summed E-state index contributed by atoms with van der Waals surface area (Å²) in [7, 11) is 0. The molecule has 1 heterocycles. The standard InChI is InChI=1S/C21H29N3O5/c1-4-28-20(29-5-2)15(3)12-18(14-25)24(21(26)27)23-13-17-9-6-8-16-10-7-11-22-19(16)17/h6-11,14-15,18,20,23H,4-5,12-13H2,1-3H3,(H,26,27). The van der Waals surface area contributed by atoms with Gasteiger partial charge in [0.25, 0.3) is 0 Å². The number of hydrogen-bond acceptors (Lipinski definition) is 6. The van der Waals surface area contributed by atoms with Crippen LogP contribution in [0.25, 0.3) is 10.9 Å². The van der Waals surface area contributed by atoms with E-state index in [1.807, 2.05) is 51.1 Å². The molecule has 0 aliphatic carbocycles. The zero-order valence-electron chi connectivity index (χ0n) is 17.1. The first kappa shape index (κ1) is 22.7. The summed E-state index contributed by atoms with van der Waals surface area (Å²) in [5.74, 6) is -0.173. The normalized spacial score (nSPS) is 13.4. The number of aldehydes is 1. The fourth-order valence-corrected chi connectivity index (χ4v) is 3.23. The van der Waals surface area contributed by atoms with Crippen LogP contribution >= 0.6 is 0 Å². The summed E-state index contributed by atoms with van der Waals surface area (Å²) in [6.07, 6.45) is 0.866. The van der Waals surface area contributed by atoms with Crippen LogP contribution in [-0.4, -0.2) is 53.0 Å². The lowest BCUT2D eigenvalue weighted by molar-refractivity contribution is -0.167. The summed E-state index contributed by atoms with van der Waals surface area (Å²) in [6.45, 7) is 6.75. The van der Waals surface area contributed by atoms with Crippen molar-refractivity contribution in [2.45, 2.75) is 46.1 Å². The summed E-state index contributed by atoms with van der Waals surface area (Å²) in [5.41, 5.74) is 4.50. The molecule has 1 aromatic heterocycles. The molecule has 0 spiro atoms. The second-order valence-electron chi connectivity index (χ2n) is 6.68. The highest BCUT2D eigenvalue weighted by Gasteiger charge is 2.28. The van der Waals surface area contributed by atoms with Crippen molar-refractivity contribution in [1.29, 1.82) is 0 Å². The number of para-hydroxylation sites is 1. The van der Waals surface area contributed by atoms with Crippen molar-refractivity contribution < 1.29 is 24.2 Å². The van der Waals surface area contributed by atoms with Gasteiger partial charge in [-0.2, -0.15) is 0 Å². The maximum Gasteiger partial charge on any atom is 0.422 e. The van der Waals surface area contributed by atoms with Gasteiger partial charge in [-0.25, -0.2) is 15.2 Å². The van der Waals surface area contributed by atoms with Gasteiger partial charge < -0.3 is 19.4 Å². The van der Waals surface area contributed by atoms with E-state index < -0.39 is 18.4 Å². The third-order valence-corrected chi connectivity index (χ3v) is 4.59. The predicted octanol–water partition coefficient (Wildman–Crippen LogP) is 3.21. The second kappa shape index (κ2) is 11.5. The van der Waals surface area contributed by atoms with Gasteiger partial charge >= 0.3 is 6.09 Å². The van der Waals surface area contributed by atoms with Gasteiger partial charge in [0.05, 0.1) is 5.52 Å². The Morgan fingerprint density at radius 3 is 2.55 bits per heavy atom. The number of aromatic nitrogens is 1. The van der Waals surface area contributed by atoms with Crippen LogP contribution in [0.2, 0.25) is 0 Å². The SMILES string of the molecule is CCOC(OCC)C(C)CC(C=O)N(NCc1cccc2cccnc12)C(=O)O. The molecule has 2 N–H and O–H groups in total. The van der Waals surface area contributed by atoms with Crippen LogP contribution < -0.4 is 5.43 Å². The summed E-state index contributed by atoms with van der Waals surface area (Å²) in [5, 5.41) is 11.6. The van der Waals surface area contributed by atoms with Gasteiger partial charge in [0.2, 0.25) is 0 Å². The largest absolute Gasteiger partial charge is 0.464 e. The van der Waals surface area contributed by atoms with Crippen molar-refractivity contribution >= 4 is 23.3 Å². The molecule has 0 radical (unpaired) electrons. The molecule has 0 aliphatic heterocycles. The molecule has 2 aromatic rings. The van der Waals surface area contributed by atoms with Crippen LogP contribution in [0.1, 0.15) is 32.8 Å². The third-order valence-electron chi connectivity index (χ3n) is 4.59. The first-order valence-corrected chi connectivity index (χ1v) is 9.78. The molecular formula is C21H29N3O5. The first-order valence-electron chi connectivity index (χ1n) is 9.78. The Morgan fingerprint density at radius 2 is 1.93 bits per heavy atom. The number of carbonyl (C=O) groups excluding carboxylic acids is 1. The Kier molecular flexibility index (Phi) is 8.98. The lowest BCUT2D eigenvalue weighted by Gasteiger charge is -2.30. The van der Waals surface area contributed by atoms with Crippen LogP contribution in [0.5, 0.6) is 0 Å². The summed E-state index contributed by atoms with van der Waals surface area (Å²) >= 11 is 0. The van der Waals surface area contributed by atoms with E-state index in [4.69, 9.17) is 9.47 Å². The molecule has 0 aliphatic rings. The van der Waals surface area contributed by atoms with Crippen molar-refractivity contribution in [2.24, 2.45) is 5.92 Å². The quantitative estimate of drug-likeness (QED) is 0.319. The van der Waals surface area contributed by atoms with Gasteiger partial charge in [-0.05, 0) is 31.9 Å². The van der Waals surface area contributed by atoms with Gasteiger partial charge in [-0.15, -0.1) is 0 Å². The van der Waals surface area contributed by atoms with Crippen molar-refractivity contribution in [1.82, 2.24) is 15.4 Å². The molecule has 158 valence electrons. The predicted molar refractivity (Wildman–Crippen MR) is 109 cm³/mol. The van der Waals surface area contributed by atoms with E-state index in [1.165, 1.54) is 0 Å². The van der Waals surface area contributed by atoms with Gasteiger partial charge in [0.1, 0.15) is 12.3 Å². The van der Waals surface area contributed by atoms with Gasteiger partial charge in [-0.1, -0.05) is 31.2 Å². The first-order chi connectivity index (χ1) is 14.0. The number of pyridine rings is 1. The minimum atomic E-state index is -1.23. The molecule has 1 amide bonds. The molecule has 2 rings (SSSR count). The summed E-state index contributed by atoms with van der Waals surface area (Å²) in [6, 6.07) is 8.62. The topological polar surface area (TPSA) is 101 Å². The molecular weight excluding hydrogens is 374 g/mol. The molecule has 0 fully saturated rings. The minimum Gasteiger partial charge on any atom is -0.464 e. The van der Waals surface area contributed by atoms with E-state index in [2.05, 4.69) is 10.4 Å². The maximum absolute atomic E-state index is 11.8. The molecule has 0 bridgehead atoms. The molecule has 0 saturated heterocycles. The van der Waals surface area contributed by atoms with Crippen molar-refractivity contribution in [3.63, 3.8) is 0 Å². The van der Waals surface area contributed by atoms with E-state index in [9.17, 15) is 14.7 Å². The molecule has 1 aromatic carbocycles. The zero-order valence-corrected chi connectivity index (χ0v) is 17.1. The highest BCUT2D eigenvalue weighted by atomic mass is 16.7. The van der Waals surface area contributed by atoms with Crippen molar-refractivity contribution in [2.75, 3.05) is 13.2 Å². The molecule has 29 heavy (non-hydrogen) atoms. The highest BCUT2D eigenvalue weighted by molar-refractivity contribution is 5.81. The van der Waals surface area contributed by atoms with Crippen LogP contribution in [0.15, 0.2) is 36.5 Å². The number of nitrogens with zero attached hydrogens (tertiary/aromatic N) is 2. The number of ether oxygens (including phenoxy) is 2. The van der Waals surface area contributed by atoms with Crippen LogP contribution in [-0.2, 0) is 20.8 Å². The van der Waals surface area contributed by atoms with Crippen molar-refractivity contribution in [3.05, 3.63) is 42.1 Å². The Hall–Kier alpha value is -2.55. The van der Waals surface area contributed by atoms with Crippen molar-refractivity contribution in [3.8, 4) is 0 Å². The van der Waals surface area contributed by atoms with Gasteiger partial charge in [0.15, 0.2) is 6.29 Å². The van der Waals surface area contributed by atoms with E-state index >= 15 is 0 Å². The Bertz CT molecular complexity index is 789. The lowest BCUT2D eigenvalue weighted by atomic mass is 10.0. The molecule has 2 atom stereocenters. The Balaban J connectivity index is 2.11. The van der Waals surface area contributed by atoms with E-state index in [-0.39, 0.29) is 18.9 Å². The number of nitrogens with one attached hydrogen (secondary N) is 1. The maximum atomic E-state index is 11.8. The lowest BCUT2D eigenvalue weighted by Crippen LogP contribution is -2.50. The monoisotopic (exact) mass is 403 g/mol. The number of carbonyl (C=O) groups is 2.